The van der Waals surface area contributed by atoms with Crippen molar-refractivity contribution in [2.45, 2.75) is 31.4 Å². The smallest absolute Gasteiger partial charge is 0.246 e. The molecule has 9 nitrogen and oxygen atoms in total. The Bertz CT molecular complexity index is 1360. The lowest BCUT2D eigenvalue weighted by molar-refractivity contribution is -0.133. The molecule has 4 aliphatic heterocycles. The second-order valence-corrected chi connectivity index (χ2v) is 13.2. The van der Waals surface area contributed by atoms with Crippen LogP contribution < -0.4 is 15.0 Å². The van der Waals surface area contributed by atoms with Crippen LogP contribution in [0, 0.1) is 0 Å². The van der Waals surface area contributed by atoms with Gasteiger partial charge in [0.05, 0.1) is 39.7 Å². The molecule has 38 heavy (non-hydrogen) atoms. The van der Waals surface area contributed by atoms with Gasteiger partial charge in [-0.3, -0.25) is 9.69 Å². The van der Waals surface area contributed by atoms with E-state index in [0.29, 0.717) is 42.5 Å². The summed E-state index contributed by atoms with van der Waals surface area (Å²) in [5.41, 5.74) is 3.79. The van der Waals surface area contributed by atoms with E-state index in [-0.39, 0.29) is 17.4 Å². The molecule has 0 atom stereocenters. The number of carbonyl (C=O) groups excluding carboxylic acids is 1. The maximum Gasteiger partial charge on any atom is 0.246 e. The van der Waals surface area contributed by atoms with Crippen LogP contribution in [0.1, 0.15) is 29.9 Å². The Labute approximate surface area is 228 Å². The minimum absolute atomic E-state index is 0.0187. The van der Waals surface area contributed by atoms with E-state index >= 15 is 0 Å². The monoisotopic (exact) mass is 557 g/mol. The summed E-state index contributed by atoms with van der Waals surface area (Å²) in [6.07, 6.45) is 5.15. The number of halogens is 1. The number of anilines is 3. The molecule has 1 amide bonds. The van der Waals surface area contributed by atoms with Gasteiger partial charge < -0.3 is 19.9 Å². The SMILES string of the molecule is C=CC(=O)N1CC(N2CCC(c3ccc4c(c3)Nc3ncc(Cl)c(N5CCS(=O)(=O)CC5)c3CO4)CC2)C1. The van der Waals surface area contributed by atoms with Gasteiger partial charge in [0, 0.05) is 32.2 Å². The number of likely N-dealkylation sites (tertiary alicyclic amines) is 2. The topological polar surface area (TPSA) is 95.1 Å². The summed E-state index contributed by atoms with van der Waals surface area (Å²) in [6.45, 7) is 8.30. The number of carbonyl (C=O) groups is 1. The van der Waals surface area contributed by atoms with Crippen LogP contribution in [0.5, 0.6) is 5.75 Å². The van der Waals surface area contributed by atoms with Gasteiger partial charge in [0.25, 0.3) is 0 Å². The standard InChI is InChI=1S/C27H32ClN5O4S/c1-2-25(34)33-15-20(16-33)31-7-5-18(6-8-31)19-3-4-24-23(13-19)30-27-21(17-37-24)26(22(28)14-29-27)32-9-11-38(35,36)12-10-32/h2-4,13-14,18,20H,1,5-12,15-17H2,(H,29,30). The molecule has 6 rings (SSSR count). The highest BCUT2D eigenvalue weighted by molar-refractivity contribution is 7.91. The fraction of sp³-hybridized carbons (Fsp3) is 0.481. The van der Waals surface area contributed by atoms with E-state index in [1.165, 1.54) is 11.6 Å². The normalized spacial score (nSPS) is 21.8. The van der Waals surface area contributed by atoms with Gasteiger partial charge in [-0.25, -0.2) is 13.4 Å². The first-order valence-electron chi connectivity index (χ1n) is 13.1. The molecule has 4 aliphatic rings. The molecule has 1 N–H and O–H groups in total. The lowest BCUT2D eigenvalue weighted by Crippen LogP contribution is -2.61. The molecule has 0 aliphatic carbocycles. The van der Waals surface area contributed by atoms with E-state index in [9.17, 15) is 13.2 Å². The van der Waals surface area contributed by atoms with Crippen LogP contribution >= 0.6 is 11.6 Å². The summed E-state index contributed by atoms with van der Waals surface area (Å²) in [5, 5.41) is 3.97. The van der Waals surface area contributed by atoms with Crippen molar-refractivity contribution in [2.24, 2.45) is 0 Å². The molecule has 3 saturated heterocycles. The van der Waals surface area contributed by atoms with Crippen molar-refractivity contribution in [1.82, 2.24) is 14.8 Å². The van der Waals surface area contributed by atoms with Crippen LogP contribution in [-0.2, 0) is 21.2 Å². The van der Waals surface area contributed by atoms with E-state index < -0.39 is 9.84 Å². The van der Waals surface area contributed by atoms with Crippen LogP contribution in [0.3, 0.4) is 0 Å². The molecule has 3 fully saturated rings. The zero-order valence-corrected chi connectivity index (χ0v) is 22.8. The molecule has 1 aromatic heterocycles. The van der Waals surface area contributed by atoms with E-state index in [2.05, 4.69) is 33.9 Å². The molecule has 11 heteroatoms. The highest BCUT2D eigenvalue weighted by atomic mass is 35.5. The molecule has 0 radical (unpaired) electrons. The van der Waals surface area contributed by atoms with Crippen molar-refractivity contribution < 1.29 is 17.9 Å². The highest BCUT2D eigenvalue weighted by Crippen LogP contribution is 2.42. The lowest BCUT2D eigenvalue weighted by atomic mass is 9.88. The highest BCUT2D eigenvalue weighted by Gasteiger charge is 2.36. The molecule has 1 aromatic carbocycles. The molecule has 202 valence electrons. The Morgan fingerprint density at radius 2 is 1.89 bits per heavy atom. The van der Waals surface area contributed by atoms with Crippen molar-refractivity contribution in [3.8, 4) is 5.75 Å². The Morgan fingerprint density at radius 3 is 2.61 bits per heavy atom. The molecule has 0 unspecified atom stereocenters. The number of piperidine rings is 1. The number of ether oxygens (including phenoxy) is 1. The maximum atomic E-state index is 12.0. The number of aromatic nitrogens is 1. The third-order valence-corrected chi connectivity index (χ3v) is 10.1. The van der Waals surface area contributed by atoms with Gasteiger partial charge in [0.2, 0.25) is 5.91 Å². The number of pyridine rings is 1. The molecule has 0 bridgehead atoms. The van der Waals surface area contributed by atoms with Crippen molar-refractivity contribution in [1.29, 1.82) is 0 Å². The van der Waals surface area contributed by atoms with Crippen molar-refractivity contribution in [3.05, 3.63) is 53.2 Å². The molecule has 0 saturated carbocycles. The van der Waals surface area contributed by atoms with E-state index in [4.69, 9.17) is 16.3 Å². The fourth-order valence-corrected chi connectivity index (χ4v) is 7.42. The van der Waals surface area contributed by atoms with Gasteiger partial charge in [0.1, 0.15) is 18.2 Å². The predicted molar refractivity (Wildman–Crippen MR) is 148 cm³/mol. The zero-order chi connectivity index (χ0) is 26.4. The largest absolute Gasteiger partial charge is 0.487 e. The van der Waals surface area contributed by atoms with Crippen LogP contribution in [-0.4, -0.2) is 85.9 Å². The summed E-state index contributed by atoms with van der Waals surface area (Å²) in [7, 11) is -3.01. The van der Waals surface area contributed by atoms with E-state index in [1.807, 2.05) is 15.9 Å². The number of benzene rings is 1. The Kier molecular flexibility index (Phi) is 6.74. The van der Waals surface area contributed by atoms with Gasteiger partial charge in [-0.1, -0.05) is 24.2 Å². The van der Waals surface area contributed by atoms with Gasteiger partial charge >= 0.3 is 0 Å². The first-order valence-corrected chi connectivity index (χ1v) is 15.3. The first-order chi connectivity index (χ1) is 18.3. The molecule has 0 spiro atoms. The number of amides is 1. The summed E-state index contributed by atoms with van der Waals surface area (Å²) < 4.78 is 30.1. The average molecular weight is 558 g/mol. The van der Waals surface area contributed by atoms with Crippen LogP contribution in [0.15, 0.2) is 37.1 Å². The second kappa shape index (κ2) is 10.1. The second-order valence-electron chi connectivity index (χ2n) is 10.5. The van der Waals surface area contributed by atoms with Crippen molar-refractivity contribution in [2.75, 3.05) is 61.0 Å². The minimum atomic E-state index is -3.01. The van der Waals surface area contributed by atoms with E-state index in [0.717, 1.165) is 61.7 Å². The number of nitrogens with one attached hydrogen (secondary N) is 1. The molecule has 5 heterocycles. The summed E-state index contributed by atoms with van der Waals surface area (Å²) in [5.74, 6) is 2.15. The zero-order valence-electron chi connectivity index (χ0n) is 21.2. The third kappa shape index (κ3) is 4.85. The van der Waals surface area contributed by atoms with Gasteiger partial charge in [-0.15, -0.1) is 0 Å². The van der Waals surface area contributed by atoms with E-state index in [1.54, 1.807) is 6.20 Å². The van der Waals surface area contributed by atoms with Crippen LogP contribution in [0.4, 0.5) is 17.2 Å². The summed E-state index contributed by atoms with van der Waals surface area (Å²) in [6, 6.07) is 6.80. The number of hydrogen-bond donors (Lipinski definition) is 1. The number of sulfone groups is 1. The van der Waals surface area contributed by atoms with Gasteiger partial charge in [0.15, 0.2) is 9.84 Å². The Morgan fingerprint density at radius 1 is 1.16 bits per heavy atom. The lowest BCUT2D eigenvalue weighted by Gasteiger charge is -2.47. The number of nitrogens with zero attached hydrogens (tertiary/aromatic N) is 4. The Hall–Kier alpha value is -2.82. The molecular weight excluding hydrogens is 526 g/mol. The van der Waals surface area contributed by atoms with Gasteiger partial charge in [-0.2, -0.15) is 0 Å². The minimum Gasteiger partial charge on any atom is -0.487 e. The molecule has 2 aromatic rings. The third-order valence-electron chi connectivity index (χ3n) is 8.26. The van der Waals surface area contributed by atoms with Gasteiger partial charge in [-0.05, 0) is 55.6 Å². The quantitative estimate of drug-likeness (QED) is 0.573. The van der Waals surface area contributed by atoms with Crippen LogP contribution in [0.2, 0.25) is 5.02 Å². The fourth-order valence-electron chi connectivity index (χ4n) is 5.93. The first kappa shape index (κ1) is 25.5. The van der Waals surface area contributed by atoms with Crippen molar-refractivity contribution in [3.63, 3.8) is 0 Å². The number of fused-ring (bicyclic) bond motifs is 2. The average Bonchev–Trinajstić information content (AvgIpc) is 3.07. The predicted octanol–water partition coefficient (Wildman–Crippen LogP) is 3.18. The summed E-state index contributed by atoms with van der Waals surface area (Å²) in [4.78, 5) is 22.7. The molecular formula is C27H32ClN5O4S. The number of hydrogen-bond acceptors (Lipinski definition) is 8. The van der Waals surface area contributed by atoms with Crippen LogP contribution in [0.25, 0.3) is 0 Å². The van der Waals surface area contributed by atoms with Crippen molar-refractivity contribution >= 4 is 44.5 Å². The Balaban J connectivity index is 1.15. The summed E-state index contributed by atoms with van der Waals surface area (Å²) >= 11 is 6.57. The number of rotatable bonds is 4. The maximum absolute atomic E-state index is 12.0.